The van der Waals surface area contributed by atoms with Crippen molar-refractivity contribution < 1.29 is 9.59 Å². The molecule has 0 spiro atoms. The first-order valence-electron chi connectivity index (χ1n) is 6.55. The van der Waals surface area contributed by atoms with Crippen LogP contribution >= 0.6 is 11.9 Å². The normalized spacial score (nSPS) is 10.4. The summed E-state index contributed by atoms with van der Waals surface area (Å²) in [6.07, 6.45) is 2.67. The van der Waals surface area contributed by atoms with E-state index in [1.165, 1.54) is 18.2 Å². The molecule has 0 amide bonds. The summed E-state index contributed by atoms with van der Waals surface area (Å²) in [5.74, 6) is 0. The Bertz CT molecular complexity index is 684. The molecule has 2 aromatic carbocycles. The van der Waals surface area contributed by atoms with Gasteiger partial charge in [0.05, 0.1) is 16.8 Å². The van der Waals surface area contributed by atoms with E-state index in [1.54, 1.807) is 19.2 Å². The van der Waals surface area contributed by atoms with Crippen LogP contribution < -0.4 is 10.0 Å². The first-order valence-corrected chi connectivity index (χ1v) is 7.37. The summed E-state index contributed by atoms with van der Waals surface area (Å²) in [6.45, 7) is 0. The number of carbonyl (C=O) groups is 2. The Kier molecular flexibility index (Phi) is 5.73. The molecule has 0 aliphatic carbocycles. The maximum absolute atomic E-state index is 10.6. The summed E-state index contributed by atoms with van der Waals surface area (Å²) >= 11 is 1.39. The Balaban J connectivity index is 2.19. The zero-order valence-electron chi connectivity index (χ0n) is 11.9. The van der Waals surface area contributed by atoms with Crippen molar-refractivity contribution in [1.29, 1.82) is 0 Å². The van der Waals surface area contributed by atoms with Crippen LogP contribution in [-0.4, -0.2) is 25.8 Å². The molecule has 0 atom stereocenters. The highest BCUT2D eigenvalue weighted by atomic mass is 32.2. The van der Waals surface area contributed by atoms with Gasteiger partial charge in [0.25, 0.3) is 0 Å². The third-order valence-corrected chi connectivity index (χ3v) is 3.75. The molecule has 0 aliphatic heterocycles. The fraction of sp³-hybridized carbons (Fsp3) is 0.0625. The molecule has 0 saturated carbocycles. The fourth-order valence-corrected chi connectivity index (χ4v) is 2.56. The monoisotopic (exact) mass is 313 g/mol. The van der Waals surface area contributed by atoms with Gasteiger partial charge in [-0.2, -0.15) is 0 Å². The van der Waals surface area contributed by atoms with Crippen LogP contribution in [0.25, 0.3) is 0 Å². The minimum Gasteiger partial charge on any atom is -0.386 e. The van der Waals surface area contributed by atoms with Gasteiger partial charge in [-0.1, -0.05) is 6.07 Å². The van der Waals surface area contributed by atoms with Crippen LogP contribution in [0.2, 0.25) is 0 Å². The molecule has 2 N–H and O–H groups in total. The second kappa shape index (κ2) is 7.99. The number of rotatable bonds is 7. The molecule has 0 unspecified atom stereocenters. The van der Waals surface area contributed by atoms with E-state index in [0.29, 0.717) is 17.5 Å². The molecule has 0 heterocycles. The predicted octanol–water partition coefficient (Wildman–Crippen LogP) is 3.56. The molecule has 5 nitrogen and oxygen atoms in total. The Labute approximate surface area is 133 Å². The van der Waals surface area contributed by atoms with Gasteiger partial charge in [-0.25, -0.2) is 0 Å². The highest BCUT2D eigenvalue weighted by Crippen LogP contribution is 2.36. The van der Waals surface area contributed by atoms with Crippen molar-refractivity contribution in [3.63, 3.8) is 0 Å². The van der Waals surface area contributed by atoms with Crippen LogP contribution in [0, 0.1) is 0 Å². The number of carbonyl (C=O) groups excluding carboxylic acids is 2. The van der Waals surface area contributed by atoms with E-state index < -0.39 is 0 Å². The number of aldehydes is 2. The van der Waals surface area contributed by atoms with E-state index in [4.69, 9.17) is 0 Å². The second-order valence-corrected chi connectivity index (χ2v) is 5.11. The zero-order valence-corrected chi connectivity index (χ0v) is 12.8. The Morgan fingerprint density at radius 1 is 1.09 bits per heavy atom. The SMILES string of the molecule is CNc1cccc(SNc2ccc(C=O)cc2)c1N=CC=O. The molecular weight excluding hydrogens is 298 g/mol. The van der Waals surface area contributed by atoms with Crippen molar-refractivity contribution in [2.45, 2.75) is 4.90 Å². The summed E-state index contributed by atoms with van der Waals surface area (Å²) in [5, 5.41) is 3.05. The lowest BCUT2D eigenvalue weighted by Crippen LogP contribution is -1.92. The first kappa shape index (κ1) is 15.8. The van der Waals surface area contributed by atoms with Crippen LogP contribution in [-0.2, 0) is 4.79 Å². The number of aliphatic imine (C=N–C) groups is 1. The Morgan fingerprint density at radius 2 is 1.86 bits per heavy atom. The largest absolute Gasteiger partial charge is 0.386 e. The van der Waals surface area contributed by atoms with Crippen molar-refractivity contribution in [3.8, 4) is 0 Å². The molecule has 22 heavy (non-hydrogen) atoms. The van der Waals surface area contributed by atoms with Crippen molar-refractivity contribution >= 4 is 47.8 Å². The lowest BCUT2D eigenvalue weighted by molar-refractivity contribution is -0.102. The van der Waals surface area contributed by atoms with E-state index in [-0.39, 0.29) is 0 Å². The maximum Gasteiger partial charge on any atom is 0.161 e. The highest BCUT2D eigenvalue weighted by Gasteiger charge is 2.07. The molecule has 0 aliphatic rings. The number of nitrogens with zero attached hydrogens (tertiary/aromatic N) is 1. The van der Waals surface area contributed by atoms with Crippen molar-refractivity contribution in [2.24, 2.45) is 4.99 Å². The number of para-hydroxylation sites is 1. The Hall–Kier alpha value is -2.60. The van der Waals surface area contributed by atoms with Crippen molar-refractivity contribution in [2.75, 3.05) is 17.1 Å². The topological polar surface area (TPSA) is 70.6 Å². The minimum absolute atomic E-state index is 0.629. The molecule has 0 radical (unpaired) electrons. The van der Waals surface area contributed by atoms with Gasteiger partial charge in [-0.3, -0.25) is 14.6 Å². The van der Waals surface area contributed by atoms with Gasteiger partial charge >= 0.3 is 0 Å². The maximum atomic E-state index is 10.6. The van der Waals surface area contributed by atoms with Gasteiger partial charge in [-0.05, 0) is 48.3 Å². The van der Waals surface area contributed by atoms with Gasteiger partial charge < -0.3 is 10.0 Å². The second-order valence-electron chi connectivity index (χ2n) is 4.26. The van der Waals surface area contributed by atoms with E-state index in [0.717, 1.165) is 22.6 Å². The molecule has 0 aromatic heterocycles. The van der Waals surface area contributed by atoms with E-state index >= 15 is 0 Å². The van der Waals surface area contributed by atoms with Gasteiger partial charge in [0.15, 0.2) is 6.29 Å². The lowest BCUT2D eigenvalue weighted by atomic mass is 10.2. The summed E-state index contributed by atoms with van der Waals surface area (Å²) < 4.78 is 3.19. The molecule has 0 saturated heterocycles. The Morgan fingerprint density at radius 3 is 2.50 bits per heavy atom. The number of anilines is 2. The molecular formula is C16H15N3O2S. The fourth-order valence-electron chi connectivity index (χ4n) is 1.79. The number of nitrogens with one attached hydrogen (secondary N) is 2. The third-order valence-electron chi connectivity index (χ3n) is 2.86. The van der Waals surface area contributed by atoms with E-state index in [1.807, 2.05) is 30.3 Å². The zero-order chi connectivity index (χ0) is 15.8. The predicted molar refractivity (Wildman–Crippen MR) is 91.5 cm³/mol. The summed E-state index contributed by atoms with van der Waals surface area (Å²) in [5.41, 5.74) is 3.03. The van der Waals surface area contributed by atoms with Crippen LogP contribution in [0.1, 0.15) is 10.4 Å². The van der Waals surface area contributed by atoms with E-state index in [9.17, 15) is 9.59 Å². The van der Waals surface area contributed by atoms with Gasteiger partial charge in [0, 0.05) is 18.3 Å². The first-order chi connectivity index (χ1) is 10.8. The quantitative estimate of drug-likeness (QED) is 0.464. The minimum atomic E-state index is 0.629. The molecule has 2 rings (SSSR count). The van der Waals surface area contributed by atoms with Crippen LogP contribution in [0.15, 0.2) is 52.4 Å². The molecule has 112 valence electrons. The van der Waals surface area contributed by atoms with Crippen LogP contribution in [0.5, 0.6) is 0 Å². The average Bonchev–Trinajstić information content (AvgIpc) is 2.58. The number of hydrogen-bond acceptors (Lipinski definition) is 6. The smallest absolute Gasteiger partial charge is 0.161 e. The standard InChI is InChI=1S/C16H15N3O2S/c1-17-14-3-2-4-15(16(14)18-9-10-20)22-19-13-7-5-12(11-21)6-8-13/h2-11,17,19H,1H3. The molecule has 0 fully saturated rings. The highest BCUT2D eigenvalue weighted by molar-refractivity contribution is 8.00. The summed E-state index contributed by atoms with van der Waals surface area (Å²) in [7, 11) is 1.80. The van der Waals surface area contributed by atoms with Crippen LogP contribution in [0.4, 0.5) is 17.1 Å². The molecule has 2 aromatic rings. The average molecular weight is 313 g/mol. The lowest BCUT2D eigenvalue weighted by Gasteiger charge is -2.11. The molecule has 0 bridgehead atoms. The summed E-state index contributed by atoms with van der Waals surface area (Å²) in [6, 6.07) is 12.8. The number of hydrogen-bond donors (Lipinski definition) is 2. The van der Waals surface area contributed by atoms with Gasteiger partial charge in [-0.15, -0.1) is 0 Å². The third kappa shape index (κ3) is 3.95. The van der Waals surface area contributed by atoms with Crippen molar-refractivity contribution in [1.82, 2.24) is 0 Å². The van der Waals surface area contributed by atoms with Gasteiger partial charge in [0.1, 0.15) is 12.0 Å². The van der Waals surface area contributed by atoms with E-state index in [2.05, 4.69) is 15.0 Å². The van der Waals surface area contributed by atoms with Crippen LogP contribution in [0.3, 0.4) is 0 Å². The molecule has 6 heteroatoms. The van der Waals surface area contributed by atoms with Crippen molar-refractivity contribution in [3.05, 3.63) is 48.0 Å². The summed E-state index contributed by atoms with van der Waals surface area (Å²) in [4.78, 5) is 26.2. The van der Waals surface area contributed by atoms with Gasteiger partial charge in [0.2, 0.25) is 0 Å². The number of benzene rings is 2.